The molecule has 0 bridgehead atoms. The van der Waals surface area contributed by atoms with Gasteiger partial charge in [0.25, 0.3) is 0 Å². The van der Waals surface area contributed by atoms with E-state index in [2.05, 4.69) is 12.0 Å². The van der Waals surface area contributed by atoms with Crippen molar-refractivity contribution in [1.29, 1.82) is 0 Å². The van der Waals surface area contributed by atoms with Gasteiger partial charge in [-0.05, 0) is 25.3 Å². The molecule has 0 saturated heterocycles. The zero-order valence-corrected chi connectivity index (χ0v) is 9.49. The smallest absolute Gasteiger partial charge is 0.186 e. The van der Waals surface area contributed by atoms with Crippen LogP contribution in [-0.2, 0) is 7.05 Å². The Morgan fingerprint density at radius 3 is 2.67 bits per heavy atom. The maximum atomic E-state index is 12.4. The van der Waals surface area contributed by atoms with Crippen LogP contribution < -0.4 is 0 Å². The lowest BCUT2D eigenvalue weighted by Crippen LogP contribution is -2.29. The third kappa shape index (κ3) is 1.60. The number of ketones is 1. The Kier molecular flexibility index (Phi) is 2.63. The fraction of sp³-hybridized carbons (Fsp3) is 0.667. The van der Waals surface area contributed by atoms with Gasteiger partial charge in [-0.15, -0.1) is 0 Å². The summed E-state index contributed by atoms with van der Waals surface area (Å²) in [4.78, 5) is 12.4. The number of carbonyl (C=O) groups is 1. The quantitative estimate of drug-likeness (QED) is 0.712. The van der Waals surface area contributed by atoms with Gasteiger partial charge >= 0.3 is 0 Å². The molecule has 1 aliphatic carbocycles. The van der Waals surface area contributed by atoms with Crippen LogP contribution in [0.5, 0.6) is 0 Å². The Morgan fingerprint density at radius 2 is 2.20 bits per heavy atom. The van der Waals surface area contributed by atoms with E-state index in [0.717, 1.165) is 25.0 Å². The second-order valence-corrected chi connectivity index (χ2v) is 4.51. The molecule has 2 rings (SSSR count). The fourth-order valence-corrected chi connectivity index (χ4v) is 2.66. The molecule has 1 heterocycles. The van der Waals surface area contributed by atoms with Crippen molar-refractivity contribution in [3.63, 3.8) is 0 Å². The van der Waals surface area contributed by atoms with E-state index in [9.17, 15) is 4.79 Å². The van der Waals surface area contributed by atoms with Gasteiger partial charge < -0.3 is 0 Å². The zero-order chi connectivity index (χ0) is 10.9. The van der Waals surface area contributed by atoms with E-state index in [1.165, 1.54) is 12.8 Å². The van der Waals surface area contributed by atoms with Crippen molar-refractivity contribution in [1.82, 2.24) is 9.78 Å². The number of rotatable bonds is 3. The Morgan fingerprint density at radius 1 is 1.53 bits per heavy atom. The van der Waals surface area contributed by atoms with Gasteiger partial charge in [0.15, 0.2) is 5.78 Å². The third-order valence-electron chi connectivity index (χ3n) is 3.77. The number of carbonyl (C=O) groups excluding carboxylic acids is 1. The van der Waals surface area contributed by atoms with Crippen molar-refractivity contribution in [2.45, 2.75) is 39.0 Å². The predicted octanol–water partition coefficient (Wildman–Crippen LogP) is 2.57. The molecule has 1 fully saturated rings. The maximum absolute atomic E-state index is 12.4. The molecule has 0 N–H and O–H groups in total. The number of hydrogen-bond donors (Lipinski definition) is 0. The lowest BCUT2D eigenvalue weighted by atomic mass is 9.78. The highest BCUT2D eigenvalue weighted by molar-refractivity contribution is 5.99. The summed E-state index contributed by atoms with van der Waals surface area (Å²) in [6.45, 7) is 2.12. The molecule has 0 spiro atoms. The van der Waals surface area contributed by atoms with E-state index in [-0.39, 0.29) is 5.41 Å². The summed E-state index contributed by atoms with van der Waals surface area (Å²) >= 11 is 0. The summed E-state index contributed by atoms with van der Waals surface area (Å²) in [6, 6.07) is 1.83. The second kappa shape index (κ2) is 3.80. The van der Waals surface area contributed by atoms with E-state index < -0.39 is 0 Å². The van der Waals surface area contributed by atoms with Gasteiger partial charge in [-0.1, -0.05) is 19.8 Å². The standard InChI is InChI=1S/C12H18N2O/c1-3-12(7-4-5-8-12)11(15)10-6-9-13-14(10)2/h6,9H,3-5,7-8H2,1-2H3. The summed E-state index contributed by atoms with van der Waals surface area (Å²) in [6.07, 6.45) is 7.14. The Bertz CT molecular complexity index is 361. The van der Waals surface area contributed by atoms with Gasteiger partial charge in [-0.2, -0.15) is 5.10 Å². The van der Waals surface area contributed by atoms with Crippen LogP contribution in [0.25, 0.3) is 0 Å². The zero-order valence-electron chi connectivity index (χ0n) is 9.49. The van der Waals surface area contributed by atoms with Crippen molar-refractivity contribution in [2.24, 2.45) is 12.5 Å². The van der Waals surface area contributed by atoms with Crippen LogP contribution in [0.1, 0.15) is 49.5 Å². The first-order chi connectivity index (χ1) is 7.19. The number of nitrogens with zero attached hydrogens (tertiary/aromatic N) is 2. The SMILES string of the molecule is CCC1(C(=O)c2ccnn2C)CCCC1. The van der Waals surface area contributed by atoms with E-state index in [0.29, 0.717) is 5.78 Å². The molecule has 0 aliphatic heterocycles. The third-order valence-corrected chi connectivity index (χ3v) is 3.77. The van der Waals surface area contributed by atoms with Crippen molar-refractivity contribution in [3.05, 3.63) is 18.0 Å². The van der Waals surface area contributed by atoms with Gasteiger partial charge in [0.1, 0.15) is 5.69 Å². The van der Waals surface area contributed by atoms with E-state index in [1.54, 1.807) is 10.9 Å². The van der Waals surface area contributed by atoms with Crippen LogP contribution in [-0.4, -0.2) is 15.6 Å². The van der Waals surface area contributed by atoms with Gasteiger partial charge in [0.2, 0.25) is 0 Å². The number of hydrogen-bond acceptors (Lipinski definition) is 2. The summed E-state index contributed by atoms with van der Waals surface area (Å²) < 4.78 is 1.69. The first-order valence-corrected chi connectivity index (χ1v) is 5.72. The first-order valence-electron chi connectivity index (χ1n) is 5.72. The van der Waals surface area contributed by atoms with Crippen molar-refractivity contribution < 1.29 is 4.79 Å². The summed E-state index contributed by atoms with van der Waals surface area (Å²) in [5.74, 6) is 0.294. The molecule has 1 aromatic heterocycles. The lowest BCUT2D eigenvalue weighted by Gasteiger charge is -2.25. The summed E-state index contributed by atoms with van der Waals surface area (Å²) in [7, 11) is 1.84. The number of Topliss-reactive ketones (excluding diaryl/α,β-unsaturated/α-hetero) is 1. The average Bonchev–Trinajstić information content (AvgIpc) is 2.86. The van der Waals surface area contributed by atoms with Gasteiger partial charge in [0.05, 0.1) is 0 Å². The monoisotopic (exact) mass is 206 g/mol. The normalized spacial score (nSPS) is 19.3. The van der Waals surface area contributed by atoms with E-state index in [1.807, 2.05) is 13.1 Å². The van der Waals surface area contributed by atoms with Gasteiger partial charge in [-0.25, -0.2) is 0 Å². The largest absolute Gasteiger partial charge is 0.292 e. The molecule has 1 saturated carbocycles. The van der Waals surface area contributed by atoms with Crippen LogP contribution in [0, 0.1) is 5.41 Å². The topological polar surface area (TPSA) is 34.9 Å². The van der Waals surface area contributed by atoms with Crippen LogP contribution in [0.4, 0.5) is 0 Å². The minimum absolute atomic E-state index is 0.0895. The van der Waals surface area contributed by atoms with Crippen molar-refractivity contribution in [2.75, 3.05) is 0 Å². The molecule has 82 valence electrons. The van der Waals surface area contributed by atoms with Crippen LogP contribution in [0.2, 0.25) is 0 Å². The molecule has 15 heavy (non-hydrogen) atoms. The average molecular weight is 206 g/mol. The number of aromatic nitrogens is 2. The van der Waals surface area contributed by atoms with Crippen LogP contribution >= 0.6 is 0 Å². The molecule has 3 nitrogen and oxygen atoms in total. The minimum Gasteiger partial charge on any atom is -0.292 e. The molecular weight excluding hydrogens is 188 g/mol. The first kappa shape index (κ1) is 10.4. The molecular formula is C12H18N2O. The van der Waals surface area contributed by atoms with Gasteiger partial charge in [0, 0.05) is 18.7 Å². The summed E-state index contributed by atoms with van der Waals surface area (Å²) in [5.41, 5.74) is 0.673. The molecule has 0 radical (unpaired) electrons. The Balaban J connectivity index is 2.30. The Labute approximate surface area is 90.5 Å². The van der Waals surface area contributed by atoms with Crippen LogP contribution in [0.15, 0.2) is 12.3 Å². The second-order valence-electron chi connectivity index (χ2n) is 4.51. The molecule has 1 aliphatic rings. The fourth-order valence-electron chi connectivity index (χ4n) is 2.66. The number of aryl methyl sites for hydroxylation is 1. The van der Waals surface area contributed by atoms with Crippen molar-refractivity contribution in [3.8, 4) is 0 Å². The van der Waals surface area contributed by atoms with E-state index >= 15 is 0 Å². The maximum Gasteiger partial charge on any atom is 0.186 e. The highest BCUT2D eigenvalue weighted by atomic mass is 16.1. The molecule has 0 aromatic carbocycles. The van der Waals surface area contributed by atoms with Crippen molar-refractivity contribution >= 4 is 5.78 Å². The Hall–Kier alpha value is -1.12. The summed E-state index contributed by atoms with van der Waals surface area (Å²) in [5, 5.41) is 4.07. The van der Waals surface area contributed by atoms with Gasteiger partial charge in [-0.3, -0.25) is 9.48 Å². The van der Waals surface area contributed by atoms with E-state index in [4.69, 9.17) is 0 Å². The minimum atomic E-state index is -0.0895. The highest BCUT2D eigenvalue weighted by Gasteiger charge is 2.40. The molecule has 0 atom stereocenters. The highest BCUT2D eigenvalue weighted by Crippen LogP contribution is 2.43. The van der Waals surface area contributed by atoms with Crippen LogP contribution in [0.3, 0.4) is 0 Å². The molecule has 3 heteroatoms. The predicted molar refractivity (Wildman–Crippen MR) is 58.7 cm³/mol. The molecule has 0 unspecified atom stereocenters. The molecule has 1 aromatic rings. The molecule has 0 amide bonds. The lowest BCUT2D eigenvalue weighted by molar-refractivity contribution is 0.0780.